The summed E-state index contributed by atoms with van der Waals surface area (Å²) in [4.78, 5) is 28.7. The molecular weight excluding hydrogens is 346 g/mol. The number of anilines is 1. The van der Waals surface area contributed by atoms with E-state index in [1.54, 1.807) is 30.9 Å². The summed E-state index contributed by atoms with van der Waals surface area (Å²) >= 11 is 0. The first kappa shape index (κ1) is 17.3. The molecule has 1 aliphatic rings. The van der Waals surface area contributed by atoms with Crippen LogP contribution in [0.2, 0.25) is 0 Å². The van der Waals surface area contributed by atoms with Crippen molar-refractivity contribution in [1.29, 1.82) is 0 Å². The molecule has 1 unspecified atom stereocenters. The molecule has 0 radical (unpaired) electrons. The molecule has 1 aliphatic carbocycles. The minimum Gasteiger partial charge on any atom is -0.480 e. The maximum Gasteiger partial charge on any atom is 0.339 e. The van der Waals surface area contributed by atoms with Crippen LogP contribution in [0.3, 0.4) is 0 Å². The van der Waals surface area contributed by atoms with Crippen molar-refractivity contribution in [2.24, 2.45) is 7.05 Å². The SMILES string of the molecule is Cc1c(OC(C)C(=O)Nc2nccn2C)ccc2c3c(c(=O)oc12)CCC3. The number of rotatable bonds is 4. The minimum absolute atomic E-state index is 0.268. The zero-order chi connectivity index (χ0) is 19.1. The lowest BCUT2D eigenvalue weighted by Gasteiger charge is -2.17. The average Bonchev–Trinajstić information content (AvgIpc) is 3.28. The molecule has 0 saturated heterocycles. The molecule has 1 atom stereocenters. The molecule has 7 nitrogen and oxygen atoms in total. The van der Waals surface area contributed by atoms with E-state index in [0.29, 0.717) is 17.3 Å². The molecule has 2 heterocycles. The zero-order valence-electron chi connectivity index (χ0n) is 15.5. The van der Waals surface area contributed by atoms with E-state index in [-0.39, 0.29) is 11.5 Å². The lowest BCUT2D eigenvalue weighted by molar-refractivity contribution is -0.122. The Morgan fingerprint density at radius 1 is 1.33 bits per heavy atom. The Morgan fingerprint density at radius 3 is 2.85 bits per heavy atom. The lowest BCUT2D eigenvalue weighted by atomic mass is 10.0. The number of hydrogen-bond acceptors (Lipinski definition) is 5. The predicted octanol–water partition coefficient (Wildman–Crippen LogP) is 2.73. The summed E-state index contributed by atoms with van der Waals surface area (Å²) < 4.78 is 13.1. The van der Waals surface area contributed by atoms with Crippen molar-refractivity contribution in [2.45, 2.75) is 39.2 Å². The Morgan fingerprint density at radius 2 is 2.11 bits per heavy atom. The summed E-state index contributed by atoms with van der Waals surface area (Å²) in [6, 6.07) is 3.74. The van der Waals surface area contributed by atoms with Crippen LogP contribution in [0.1, 0.15) is 30.0 Å². The van der Waals surface area contributed by atoms with Gasteiger partial charge in [0.1, 0.15) is 11.3 Å². The minimum atomic E-state index is -0.737. The van der Waals surface area contributed by atoms with Gasteiger partial charge in [-0.1, -0.05) is 0 Å². The number of amides is 1. The number of aryl methyl sites for hydroxylation is 3. The average molecular weight is 367 g/mol. The van der Waals surface area contributed by atoms with Crippen molar-refractivity contribution in [3.05, 3.63) is 51.6 Å². The van der Waals surface area contributed by atoms with Gasteiger partial charge in [-0.3, -0.25) is 10.1 Å². The highest BCUT2D eigenvalue weighted by atomic mass is 16.5. The van der Waals surface area contributed by atoms with Crippen LogP contribution < -0.4 is 15.7 Å². The van der Waals surface area contributed by atoms with E-state index < -0.39 is 6.10 Å². The highest BCUT2D eigenvalue weighted by molar-refractivity contribution is 5.93. The number of nitrogens with zero attached hydrogens (tertiary/aromatic N) is 2. The topological polar surface area (TPSA) is 86.4 Å². The fourth-order valence-electron chi connectivity index (χ4n) is 3.53. The fourth-order valence-corrected chi connectivity index (χ4v) is 3.53. The molecule has 1 aromatic carbocycles. The second-order valence-corrected chi connectivity index (χ2v) is 6.88. The van der Waals surface area contributed by atoms with Crippen molar-refractivity contribution in [1.82, 2.24) is 9.55 Å². The number of carbonyl (C=O) groups excluding carboxylic acids is 1. The first-order valence-electron chi connectivity index (χ1n) is 8.98. The fraction of sp³-hybridized carbons (Fsp3) is 0.350. The van der Waals surface area contributed by atoms with Gasteiger partial charge in [-0.05, 0) is 50.8 Å². The van der Waals surface area contributed by atoms with Crippen LogP contribution in [-0.2, 0) is 24.7 Å². The number of aromatic nitrogens is 2. The Bertz CT molecular complexity index is 1100. The molecule has 1 N–H and O–H groups in total. The second-order valence-electron chi connectivity index (χ2n) is 6.88. The van der Waals surface area contributed by atoms with E-state index in [2.05, 4.69) is 10.3 Å². The molecular formula is C20H21N3O4. The number of carbonyl (C=O) groups is 1. The van der Waals surface area contributed by atoms with Crippen molar-refractivity contribution >= 4 is 22.8 Å². The second kappa shape index (κ2) is 6.57. The highest BCUT2D eigenvalue weighted by Gasteiger charge is 2.23. The van der Waals surface area contributed by atoms with Crippen molar-refractivity contribution in [2.75, 3.05) is 5.32 Å². The molecule has 0 bridgehead atoms. The van der Waals surface area contributed by atoms with Gasteiger partial charge in [0.15, 0.2) is 6.10 Å². The van der Waals surface area contributed by atoms with Crippen molar-refractivity contribution in [3.8, 4) is 5.75 Å². The quantitative estimate of drug-likeness (QED) is 0.717. The summed E-state index contributed by atoms with van der Waals surface area (Å²) in [6.07, 6.45) is 5.25. The van der Waals surface area contributed by atoms with Gasteiger partial charge in [0, 0.05) is 36.0 Å². The highest BCUT2D eigenvalue weighted by Crippen LogP contribution is 2.33. The van der Waals surface area contributed by atoms with Crippen LogP contribution in [0.15, 0.2) is 33.7 Å². The Labute approximate surface area is 156 Å². The molecule has 0 spiro atoms. The first-order chi connectivity index (χ1) is 13.0. The number of imidazole rings is 1. The number of benzene rings is 1. The smallest absolute Gasteiger partial charge is 0.339 e. The summed E-state index contributed by atoms with van der Waals surface area (Å²) in [5, 5.41) is 3.68. The molecule has 0 saturated carbocycles. The monoisotopic (exact) mass is 367 g/mol. The Kier molecular flexibility index (Phi) is 4.22. The standard InChI is InChI=1S/C20H21N3O4/c1-11-16(26-12(2)18(24)22-20-21-9-10-23(20)3)8-7-14-13-5-4-6-15(13)19(25)27-17(11)14/h7-10,12H,4-6H2,1-3H3,(H,21,22,24). The molecule has 2 aromatic heterocycles. The van der Waals surface area contributed by atoms with Crippen molar-refractivity contribution in [3.63, 3.8) is 0 Å². The van der Waals surface area contributed by atoms with Gasteiger partial charge in [-0.15, -0.1) is 0 Å². The number of ether oxygens (including phenoxy) is 1. The number of fused-ring (bicyclic) bond motifs is 3. The molecule has 140 valence electrons. The van der Waals surface area contributed by atoms with Crippen molar-refractivity contribution < 1.29 is 13.9 Å². The summed E-state index contributed by atoms with van der Waals surface area (Å²) in [5.74, 6) is 0.664. The Hall–Kier alpha value is -3.09. The lowest BCUT2D eigenvalue weighted by Crippen LogP contribution is -2.31. The van der Waals surface area contributed by atoms with Gasteiger partial charge in [0.05, 0.1) is 0 Å². The van der Waals surface area contributed by atoms with Gasteiger partial charge in [-0.2, -0.15) is 0 Å². The predicted molar refractivity (Wildman–Crippen MR) is 101 cm³/mol. The van der Waals surface area contributed by atoms with Gasteiger partial charge < -0.3 is 13.7 Å². The zero-order valence-corrected chi connectivity index (χ0v) is 15.5. The van der Waals surface area contributed by atoms with Gasteiger partial charge in [0.25, 0.3) is 5.91 Å². The summed E-state index contributed by atoms with van der Waals surface area (Å²) in [6.45, 7) is 3.51. The molecule has 4 rings (SSSR count). The summed E-state index contributed by atoms with van der Waals surface area (Å²) in [5.41, 5.74) is 2.86. The first-order valence-corrected chi connectivity index (χ1v) is 8.98. The molecule has 27 heavy (non-hydrogen) atoms. The van der Waals surface area contributed by atoms with Gasteiger partial charge >= 0.3 is 5.63 Å². The number of hydrogen-bond donors (Lipinski definition) is 1. The summed E-state index contributed by atoms with van der Waals surface area (Å²) in [7, 11) is 1.79. The molecule has 1 amide bonds. The molecule has 7 heteroatoms. The van der Waals surface area contributed by atoms with Crippen LogP contribution in [-0.4, -0.2) is 21.6 Å². The van der Waals surface area contributed by atoms with Crippen LogP contribution in [0, 0.1) is 6.92 Å². The maximum atomic E-state index is 12.4. The van der Waals surface area contributed by atoms with Gasteiger partial charge in [0.2, 0.25) is 5.95 Å². The van der Waals surface area contributed by atoms with Gasteiger partial charge in [-0.25, -0.2) is 9.78 Å². The van der Waals surface area contributed by atoms with E-state index in [1.807, 2.05) is 19.1 Å². The maximum absolute atomic E-state index is 12.4. The number of nitrogens with one attached hydrogen (secondary N) is 1. The third-order valence-corrected chi connectivity index (χ3v) is 5.07. The van der Waals surface area contributed by atoms with Crippen LogP contribution in [0.25, 0.3) is 11.0 Å². The third kappa shape index (κ3) is 2.99. The normalized spacial score (nSPS) is 14.2. The van der Waals surface area contributed by atoms with E-state index >= 15 is 0 Å². The van der Waals surface area contributed by atoms with Crippen LogP contribution >= 0.6 is 0 Å². The van der Waals surface area contributed by atoms with E-state index in [1.165, 1.54) is 0 Å². The van der Waals surface area contributed by atoms with E-state index in [9.17, 15) is 9.59 Å². The van der Waals surface area contributed by atoms with E-state index in [0.717, 1.165) is 41.3 Å². The van der Waals surface area contributed by atoms with E-state index in [4.69, 9.17) is 9.15 Å². The molecule has 0 aliphatic heterocycles. The Balaban J connectivity index is 1.61. The largest absolute Gasteiger partial charge is 0.480 e. The molecule has 3 aromatic rings. The molecule has 0 fully saturated rings. The third-order valence-electron chi connectivity index (χ3n) is 5.07. The van der Waals surface area contributed by atoms with Crippen LogP contribution in [0.4, 0.5) is 5.95 Å². The van der Waals surface area contributed by atoms with Crippen LogP contribution in [0.5, 0.6) is 5.75 Å².